The van der Waals surface area contributed by atoms with Crippen molar-refractivity contribution in [1.29, 1.82) is 0 Å². The maximum Gasteiger partial charge on any atom is 0.257 e. The van der Waals surface area contributed by atoms with E-state index in [4.69, 9.17) is 4.74 Å². The molecule has 7 nitrogen and oxygen atoms in total. The van der Waals surface area contributed by atoms with Crippen LogP contribution in [-0.2, 0) is 4.79 Å². The average molecular weight is 431 g/mol. The molecular weight excluding hydrogens is 404 g/mol. The van der Waals surface area contributed by atoms with E-state index in [9.17, 15) is 9.59 Å². The molecule has 1 fully saturated rings. The quantitative estimate of drug-likeness (QED) is 0.509. The summed E-state index contributed by atoms with van der Waals surface area (Å²) in [6.45, 7) is 6.36. The van der Waals surface area contributed by atoms with Crippen molar-refractivity contribution >= 4 is 27.7 Å². The fraction of sp³-hybridized carbons (Fsp3) is 0.280. The van der Waals surface area contributed by atoms with Crippen LogP contribution in [0.5, 0.6) is 5.75 Å². The number of H-pyrrole nitrogens is 2. The second-order valence-corrected chi connectivity index (χ2v) is 8.23. The van der Waals surface area contributed by atoms with Gasteiger partial charge in [0.05, 0.1) is 11.3 Å². The molecule has 2 aromatic heterocycles. The van der Waals surface area contributed by atoms with E-state index >= 15 is 0 Å². The SMILES string of the molecule is CC(=O)N1CCN(CCOc2ccc3[nH]c(-c4cc5ccccc5[nH]c4=O)cc3c2)CC1. The Labute approximate surface area is 185 Å². The summed E-state index contributed by atoms with van der Waals surface area (Å²) in [7, 11) is 0. The lowest BCUT2D eigenvalue weighted by Crippen LogP contribution is -2.48. The normalized spacial score (nSPS) is 14.8. The number of ether oxygens (including phenoxy) is 1. The van der Waals surface area contributed by atoms with Crippen LogP contribution in [-0.4, -0.2) is 65.0 Å². The summed E-state index contributed by atoms with van der Waals surface area (Å²) in [5, 5.41) is 1.99. The Kier molecular flexibility index (Phi) is 5.41. The third-order valence-corrected chi connectivity index (χ3v) is 6.13. The van der Waals surface area contributed by atoms with E-state index in [1.807, 2.05) is 59.5 Å². The maximum atomic E-state index is 12.6. The number of carbonyl (C=O) groups is 1. The summed E-state index contributed by atoms with van der Waals surface area (Å²) in [5.74, 6) is 0.948. The monoisotopic (exact) mass is 430 g/mol. The first-order chi connectivity index (χ1) is 15.6. The lowest BCUT2D eigenvalue weighted by Gasteiger charge is -2.34. The molecule has 0 saturated carbocycles. The van der Waals surface area contributed by atoms with Gasteiger partial charge in [0.2, 0.25) is 5.91 Å². The highest BCUT2D eigenvalue weighted by Crippen LogP contribution is 2.27. The molecule has 3 heterocycles. The molecule has 0 bridgehead atoms. The number of nitrogens with zero attached hydrogens (tertiary/aromatic N) is 2. The molecule has 7 heteroatoms. The van der Waals surface area contributed by atoms with Gasteiger partial charge in [-0.15, -0.1) is 0 Å². The van der Waals surface area contributed by atoms with Gasteiger partial charge in [0.25, 0.3) is 5.56 Å². The molecule has 1 aliphatic heterocycles. The van der Waals surface area contributed by atoms with Crippen molar-refractivity contribution in [1.82, 2.24) is 19.8 Å². The van der Waals surface area contributed by atoms with Crippen molar-refractivity contribution in [2.24, 2.45) is 0 Å². The predicted molar refractivity (Wildman–Crippen MR) is 126 cm³/mol. The van der Waals surface area contributed by atoms with Gasteiger partial charge in [-0.2, -0.15) is 0 Å². The minimum atomic E-state index is -0.114. The summed E-state index contributed by atoms with van der Waals surface area (Å²) in [6.07, 6.45) is 0. The Morgan fingerprint density at radius 1 is 0.938 bits per heavy atom. The second kappa shape index (κ2) is 8.51. The molecule has 0 unspecified atom stereocenters. The van der Waals surface area contributed by atoms with Gasteiger partial charge in [-0.05, 0) is 41.8 Å². The number of carbonyl (C=O) groups excluding carboxylic acids is 1. The number of rotatable bonds is 5. The molecule has 0 atom stereocenters. The maximum absolute atomic E-state index is 12.6. The zero-order chi connectivity index (χ0) is 22.1. The van der Waals surface area contributed by atoms with Gasteiger partial charge >= 0.3 is 0 Å². The number of piperazine rings is 1. The van der Waals surface area contributed by atoms with Crippen LogP contribution in [0.25, 0.3) is 33.1 Å². The van der Waals surface area contributed by atoms with E-state index in [1.54, 1.807) is 6.92 Å². The third-order valence-electron chi connectivity index (χ3n) is 6.13. The fourth-order valence-electron chi connectivity index (χ4n) is 4.27. The number of hydrogen-bond donors (Lipinski definition) is 2. The lowest BCUT2D eigenvalue weighted by molar-refractivity contribution is -0.130. The number of nitrogens with one attached hydrogen (secondary N) is 2. The smallest absolute Gasteiger partial charge is 0.257 e. The predicted octanol–water partition coefficient (Wildman–Crippen LogP) is 3.22. The van der Waals surface area contributed by atoms with E-state index in [0.29, 0.717) is 12.2 Å². The largest absolute Gasteiger partial charge is 0.492 e. The minimum absolute atomic E-state index is 0.114. The van der Waals surface area contributed by atoms with Crippen molar-refractivity contribution in [2.45, 2.75) is 6.92 Å². The van der Waals surface area contributed by atoms with Crippen molar-refractivity contribution in [3.8, 4) is 17.0 Å². The average Bonchev–Trinajstić information content (AvgIpc) is 3.22. The molecule has 4 aromatic rings. The molecule has 164 valence electrons. The zero-order valence-electron chi connectivity index (χ0n) is 18.1. The topological polar surface area (TPSA) is 81.4 Å². The molecule has 32 heavy (non-hydrogen) atoms. The van der Waals surface area contributed by atoms with Crippen molar-refractivity contribution in [2.75, 3.05) is 39.3 Å². The number of pyridine rings is 1. The highest BCUT2D eigenvalue weighted by Gasteiger charge is 2.18. The number of para-hydroxylation sites is 1. The Balaban J connectivity index is 1.27. The Morgan fingerprint density at radius 3 is 2.53 bits per heavy atom. The number of aromatic amines is 2. The van der Waals surface area contributed by atoms with Crippen LogP contribution in [0.15, 0.2) is 59.4 Å². The van der Waals surface area contributed by atoms with Gasteiger partial charge in [0, 0.05) is 56.1 Å². The van der Waals surface area contributed by atoms with Crippen LogP contribution in [0.2, 0.25) is 0 Å². The van der Waals surface area contributed by atoms with Crippen molar-refractivity contribution in [3.63, 3.8) is 0 Å². The third kappa shape index (κ3) is 4.11. The van der Waals surface area contributed by atoms with Gasteiger partial charge < -0.3 is 19.6 Å². The number of fused-ring (bicyclic) bond motifs is 2. The number of hydrogen-bond acceptors (Lipinski definition) is 4. The van der Waals surface area contributed by atoms with Crippen LogP contribution in [0.1, 0.15) is 6.92 Å². The van der Waals surface area contributed by atoms with Crippen LogP contribution in [0.3, 0.4) is 0 Å². The van der Waals surface area contributed by atoms with Gasteiger partial charge in [-0.3, -0.25) is 14.5 Å². The molecule has 0 spiro atoms. The first-order valence-corrected chi connectivity index (χ1v) is 10.9. The minimum Gasteiger partial charge on any atom is -0.492 e. The molecule has 0 aliphatic carbocycles. The molecule has 1 aliphatic rings. The molecule has 2 N–H and O–H groups in total. The highest BCUT2D eigenvalue weighted by molar-refractivity contribution is 5.89. The van der Waals surface area contributed by atoms with Crippen molar-refractivity contribution in [3.05, 3.63) is 65.0 Å². The van der Waals surface area contributed by atoms with Crippen LogP contribution >= 0.6 is 0 Å². The molecule has 0 radical (unpaired) electrons. The number of amides is 1. The van der Waals surface area contributed by atoms with Crippen molar-refractivity contribution < 1.29 is 9.53 Å². The lowest BCUT2D eigenvalue weighted by atomic mass is 10.1. The van der Waals surface area contributed by atoms with E-state index in [-0.39, 0.29) is 11.5 Å². The zero-order valence-corrected chi connectivity index (χ0v) is 18.1. The van der Waals surface area contributed by atoms with Crippen LogP contribution in [0.4, 0.5) is 0 Å². The molecule has 5 rings (SSSR count). The summed E-state index contributed by atoms with van der Waals surface area (Å²) in [5.41, 5.74) is 3.08. The molecule has 1 saturated heterocycles. The van der Waals surface area contributed by atoms with E-state index in [2.05, 4.69) is 14.9 Å². The Morgan fingerprint density at radius 2 is 1.72 bits per heavy atom. The van der Waals surface area contributed by atoms with Crippen LogP contribution in [0, 0.1) is 0 Å². The molecule has 1 amide bonds. The number of benzene rings is 2. The summed E-state index contributed by atoms with van der Waals surface area (Å²) >= 11 is 0. The first-order valence-electron chi connectivity index (χ1n) is 10.9. The Bertz CT molecular complexity index is 1330. The summed E-state index contributed by atoms with van der Waals surface area (Å²) < 4.78 is 5.98. The van der Waals surface area contributed by atoms with E-state index in [1.165, 1.54) is 0 Å². The van der Waals surface area contributed by atoms with Gasteiger partial charge in [0.1, 0.15) is 12.4 Å². The second-order valence-electron chi connectivity index (χ2n) is 8.23. The summed E-state index contributed by atoms with van der Waals surface area (Å²) in [6, 6.07) is 17.6. The van der Waals surface area contributed by atoms with Gasteiger partial charge in [-0.25, -0.2) is 0 Å². The van der Waals surface area contributed by atoms with E-state index < -0.39 is 0 Å². The van der Waals surface area contributed by atoms with Gasteiger partial charge in [0.15, 0.2) is 0 Å². The van der Waals surface area contributed by atoms with Crippen LogP contribution < -0.4 is 10.3 Å². The van der Waals surface area contributed by atoms with E-state index in [0.717, 1.165) is 66.0 Å². The fourth-order valence-corrected chi connectivity index (χ4v) is 4.27. The number of aromatic nitrogens is 2. The standard InChI is InChI=1S/C25H26N4O3/c1-17(30)29-10-8-28(9-11-29)12-13-32-20-6-7-23-19(14-20)16-24(26-23)21-15-18-4-2-3-5-22(18)27-25(21)31/h2-7,14-16,26H,8-13H2,1H3,(H,27,31). The molecular formula is C25H26N4O3. The first kappa shape index (κ1) is 20.3. The Hall–Kier alpha value is -3.58. The van der Waals surface area contributed by atoms with Gasteiger partial charge in [-0.1, -0.05) is 18.2 Å². The highest BCUT2D eigenvalue weighted by atomic mass is 16.5. The molecule has 2 aromatic carbocycles. The summed E-state index contributed by atoms with van der Waals surface area (Å²) in [4.78, 5) is 34.5.